The predicted molar refractivity (Wildman–Crippen MR) is 141 cm³/mol. The molecule has 2 aromatic carbocycles. The number of nitrogens with one attached hydrogen (secondary N) is 1. The number of hydrogen-bond acceptors (Lipinski definition) is 6. The Morgan fingerprint density at radius 3 is 2.68 bits per heavy atom. The van der Waals surface area contributed by atoms with Crippen LogP contribution >= 0.6 is 0 Å². The summed E-state index contributed by atoms with van der Waals surface area (Å²) in [4.78, 5) is 41.1. The highest BCUT2D eigenvalue weighted by atomic mass is 19.3. The van der Waals surface area contributed by atoms with Crippen LogP contribution in [0.15, 0.2) is 54.9 Å². The third-order valence-electron chi connectivity index (χ3n) is 6.98. The molecule has 1 atom stereocenters. The zero-order chi connectivity index (χ0) is 29.1. The van der Waals surface area contributed by atoms with Crippen molar-refractivity contribution in [3.8, 4) is 11.5 Å². The van der Waals surface area contributed by atoms with Crippen LogP contribution in [0.2, 0.25) is 0 Å². The zero-order valence-electron chi connectivity index (χ0n) is 22.2. The van der Waals surface area contributed by atoms with Crippen molar-refractivity contribution in [1.82, 2.24) is 20.0 Å². The molecular weight excluding hydrogens is 543 g/mol. The van der Waals surface area contributed by atoms with Crippen molar-refractivity contribution in [2.75, 3.05) is 38.3 Å². The second-order valence-electron chi connectivity index (χ2n) is 9.97. The molecule has 10 nitrogen and oxygen atoms in total. The number of likely N-dealkylation sites (tertiary alicyclic amines) is 1. The molecule has 0 aliphatic carbocycles. The Kier molecular flexibility index (Phi) is 7.86. The third kappa shape index (κ3) is 6.61. The Bertz CT molecular complexity index is 1450. The highest BCUT2D eigenvalue weighted by Crippen LogP contribution is 2.34. The van der Waals surface area contributed by atoms with Crippen molar-refractivity contribution in [3.63, 3.8) is 0 Å². The molecular formula is C28H28F3N5O5. The van der Waals surface area contributed by atoms with E-state index in [4.69, 9.17) is 9.47 Å². The molecule has 0 spiro atoms. The quantitative estimate of drug-likeness (QED) is 0.487. The number of piperidine rings is 1. The lowest BCUT2D eigenvalue weighted by molar-refractivity contribution is -0.139. The van der Waals surface area contributed by atoms with E-state index in [-0.39, 0.29) is 50.7 Å². The molecule has 3 aromatic rings. The summed E-state index contributed by atoms with van der Waals surface area (Å²) in [5.41, 5.74) is 1.77. The monoisotopic (exact) mass is 571 g/mol. The van der Waals surface area contributed by atoms with Gasteiger partial charge < -0.3 is 24.6 Å². The van der Waals surface area contributed by atoms with Gasteiger partial charge in [0, 0.05) is 51.7 Å². The van der Waals surface area contributed by atoms with Crippen LogP contribution in [0.25, 0.3) is 0 Å². The minimum atomic E-state index is -2.76. The molecule has 3 heterocycles. The average Bonchev–Trinajstić information content (AvgIpc) is 3.38. The standard InChI is InChI=1S/C28H28F3N5O5/c1-34-23-13-21(40-17-25(37)35-9-7-28(30,31)8-10-35)5-6-24(23)41-16-22(26(34)38)33-27(39)36-15-19(14-32-36)11-18-3-2-4-20(29)12-18/h2-6,12-15,22H,7-11,16-17H2,1H3,(H,33,39)/t22-/m0/s1. The molecule has 1 fully saturated rings. The van der Waals surface area contributed by atoms with Gasteiger partial charge in [0.15, 0.2) is 6.61 Å². The van der Waals surface area contributed by atoms with E-state index < -0.39 is 29.8 Å². The molecule has 0 unspecified atom stereocenters. The molecule has 13 heteroatoms. The number of carbonyl (C=O) groups is 3. The van der Waals surface area contributed by atoms with Gasteiger partial charge in [0.1, 0.15) is 30.0 Å². The number of anilines is 1. The maximum absolute atomic E-state index is 13.5. The number of rotatable bonds is 6. The largest absolute Gasteiger partial charge is 0.489 e. The maximum atomic E-state index is 13.5. The van der Waals surface area contributed by atoms with Crippen molar-refractivity contribution < 1.29 is 37.0 Å². The van der Waals surface area contributed by atoms with Crippen molar-refractivity contribution in [1.29, 1.82) is 0 Å². The Balaban J connectivity index is 1.18. The molecule has 5 rings (SSSR count). The Morgan fingerprint density at radius 1 is 1.15 bits per heavy atom. The molecule has 216 valence electrons. The van der Waals surface area contributed by atoms with E-state index in [2.05, 4.69) is 10.4 Å². The van der Waals surface area contributed by atoms with E-state index in [0.717, 1.165) is 10.2 Å². The summed E-state index contributed by atoms with van der Waals surface area (Å²) in [5, 5.41) is 6.68. The summed E-state index contributed by atoms with van der Waals surface area (Å²) in [6, 6.07) is 9.12. The van der Waals surface area contributed by atoms with Crippen molar-refractivity contribution >= 4 is 23.5 Å². The Morgan fingerprint density at radius 2 is 1.93 bits per heavy atom. The van der Waals surface area contributed by atoms with Crippen LogP contribution < -0.4 is 19.7 Å². The van der Waals surface area contributed by atoms with Crippen LogP contribution in [-0.4, -0.2) is 77.8 Å². The number of hydrogen-bond donors (Lipinski definition) is 1. The fraction of sp³-hybridized carbons (Fsp3) is 0.357. The lowest BCUT2D eigenvalue weighted by Gasteiger charge is -2.31. The van der Waals surface area contributed by atoms with Gasteiger partial charge >= 0.3 is 6.03 Å². The van der Waals surface area contributed by atoms with Gasteiger partial charge in [-0.2, -0.15) is 9.78 Å². The normalized spacial score (nSPS) is 18.2. The predicted octanol–water partition coefficient (Wildman–Crippen LogP) is 3.23. The summed E-state index contributed by atoms with van der Waals surface area (Å²) >= 11 is 0. The number of aromatic nitrogens is 2. The summed E-state index contributed by atoms with van der Waals surface area (Å²) in [5.74, 6) is -3.32. The van der Waals surface area contributed by atoms with Gasteiger partial charge in [0.25, 0.3) is 17.7 Å². The van der Waals surface area contributed by atoms with Gasteiger partial charge in [0.05, 0.1) is 11.9 Å². The van der Waals surface area contributed by atoms with Crippen LogP contribution in [0.5, 0.6) is 11.5 Å². The summed E-state index contributed by atoms with van der Waals surface area (Å²) in [6.07, 6.45) is 2.61. The third-order valence-corrected chi connectivity index (χ3v) is 6.98. The highest BCUT2D eigenvalue weighted by molar-refractivity contribution is 6.00. The molecule has 1 saturated heterocycles. The van der Waals surface area contributed by atoms with Crippen LogP contribution in [0.3, 0.4) is 0 Å². The number of ether oxygens (including phenoxy) is 2. The Hall–Kier alpha value is -4.55. The van der Waals surface area contributed by atoms with Crippen LogP contribution in [0, 0.1) is 5.82 Å². The molecule has 0 bridgehead atoms. The van der Waals surface area contributed by atoms with Crippen LogP contribution in [0.4, 0.5) is 23.7 Å². The van der Waals surface area contributed by atoms with Gasteiger partial charge in [-0.1, -0.05) is 12.1 Å². The minimum Gasteiger partial charge on any atom is -0.489 e. The average molecular weight is 572 g/mol. The van der Waals surface area contributed by atoms with Gasteiger partial charge in [-0.3, -0.25) is 9.59 Å². The molecule has 0 saturated carbocycles. The smallest absolute Gasteiger partial charge is 0.342 e. The van der Waals surface area contributed by atoms with Gasteiger partial charge in [-0.15, -0.1) is 0 Å². The van der Waals surface area contributed by atoms with Gasteiger partial charge in [0.2, 0.25) is 0 Å². The van der Waals surface area contributed by atoms with Crippen LogP contribution in [0.1, 0.15) is 24.0 Å². The summed E-state index contributed by atoms with van der Waals surface area (Å²) in [6.45, 7) is -0.556. The van der Waals surface area contributed by atoms with Crippen molar-refractivity contribution in [3.05, 3.63) is 71.8 Å². The fourth-order valence-electron chi connectivity index (χ4n) is 4.65. The summed E-state index contributed by atoms with van der Waals surface area (Å²) in [7, 11) is 1.52. The van der Waals surface area contributed by atoms with Gasteiger partial charge in [-0.05, 0) is 35.4 Å². The number of carbonyl (C=O) groups excluding carboxylic acids is 3. The van der Waals surface area contributed by atoms with E-state index in [0.29, 0.717) is 23.4 Å². The SMILES string of the molecule is CN1C(=O)[C@@H](NC(=O)n2cc(Cc3cccc(F)c3)cn2)COc2ccc(OCC(=O)N3CCC(F)(F)CC3)cc21. The number of amides is 3. The molecule has 3 amide bonds. The zero-order valence-corrected chi connectivity index (χ0v) is 22.2. The lowest BCUT2D eigenvalue weighted by Crippen LogP contribution is -2.50. The van der Waals surface area contributed by atoms with E-state index in [1.54, 1.807) is 24.3 Å². The molecule has 2 aliphatic heterocycles. The first-order valence-corrected chi connectivity index (χ1v) is 13.0. The molecule has 0 radical (unpaired) electrons. The Labute approximate surface area is 233 Å². The van der Waals surface area contributed by atoms with Crippen LogP contribution in [-0.2, 0) is 16.0 Å². The number of likely N-dealkylation sites (N-methyl/N-ethyl adjacent to an activating group) is 1. The fourth-order valence-corrected chi connectivity index (χ4v) is 4.65. The number of nitrogens with zero attached hydrogens (tertiary/aromatic N) is 4. The first kappa shape index (κ1) is 28.0. The van der Waals surface area contributed by atoms with Crippen molar-refractivity contribution in [2.45, 2.75) is 31.2 Å². The molecule has 1 aromatic heterocycles. The number of fused-ring (bicyclic) bond motifs is 1. The second kappa shape index (κ2) is 11.5. The number of benzene rings is 2. The van der Waals surface area contributed by atoms with E-state index in [9.17, 15) is 27.6 Å². The first-order chi connectivity index (χ1) is 19.6. The highest BCUT2D eigenvalue weighted by Gasteiger charge is 2.36. The molecule has 41 heavy (non-hydrogen) atoms. The topological polar surface area (TPSA) is 106 Å². The maximum Gasteiger partial charge on any atom is 0.342 e. The first-order valence-electron chi connectivity index (χ1n) is 13.0. The lowest BCUT2D eigenvalue weighted by atomic mass is 10.1. The number of halogens is 3. The van der Waals surface area contributed by atoms with E-state index >= 15 is 0 Å². The summed E-state index contributed by atoms with van der Waals surface area (Å²) < 4.78 is 52.7. The van der Waals surface area contributed by atoms with E-state index in [1.165, 1.54) is 47.4 Å². The number of alkyl halides is 2. The van der Waals surface area contributed by atoms with Gasteiger partial charge in [-0.25, -0.2) is 18.0 Å². The molecule has 1 N–H and O–H groups in total. The minimum absolute atomic E-state index is 0.0373. The van der Waals surface area contributed by atoms with Crippen molar-refractivity contribution in [2.24, 2.45) is 0 Å². The van der Waals surface area contributed by atoms with E-state index in [1.807, 2.05) is 0 Å². The second-order valence-corrected chi connectivity index (χ2v) is 9.97. The molecule has 2 aliphatic rings.